The van der Waals surface area contributed by atoms with Crippen molar-refractivity contribution in [1.82, 2.24) is 10.2 Å². The van der Waals surface area contributed by atoms with Gasteiger partial charge in [-0.15, -0.1) is 24.0 Å². The van der Waals surface area contributed by atoms with Crippen LogP contribution in [0.2, 0.25) is 0 Å². The summed E-state index contributed by atoms with van der Waals surface area (Å²) in [6.07, 6.45) is 1.78. The lowest BCUT2D eigenvalue weighted by atomic mass is 10.1. The molecule has 3 atom stereocenters. The predicted octanol–water partition coefficient (Wildman–Crippen LogP) is 2.98. The highest BCUT2D eigenvalue weighted by Crippen LogP contribution is 2.43. The second kappa shape index (κ2) is 8.42. The van der Waals surface area contributed by atoms with E-state index in [1.54, 1.807) is 7.05 Å². The smallest absolute Gasteiger partial charge is 0.193 e. The van der Waals surface area contributed by atoms with Gasteiger partial charge in [-0.05, 0) is 25.0 Å². The zero-order chi connectivity index (χ0) is 16.4. The van der Waals surface area contributed by atoms with E-state index in [0.29, 0.717) is 5.92 Å². The number of nitrogens with zero attached hydrogens (tertiary/aromatic N) is 2. The Morgan fingerprint density at radius 2 is 2.08 bits per heavy atom. The standard InChI is InChI=1S/C17H23F2N3O.HI/c1-20-17(22(2)9-11-6-7-23-10-11)21-15-8-12(15)16-13(18)4-3-5-14(16)19;/h3-5,11-12,15H,6-10H2,1-2H3,(H,20,21);1H. The highest BCUT2D eigenvalue weighted by atomic mass is 127. The number of halogens is 3. The minimum absolute atomic E-state index is 0. The summed E-state index contributed by atoms with van der Waals surface area (Å²) in [6.45, 7) is 2.47. The first-order valence-electron chi connectivity index (χ1n) is 8.06. The van der Waals surface area contributed by atoms with Crippen LogP contribution in [-0.4, -0.2) is 50.8 Å². The number of benzene rings is 1. The van der Waals surface area contributed by atoms with Crippen LogP contribution in [0.1, 0.15) is 24.3 Å². The van der Waals surface area contributed by atoms with Crippen LogP contribution in [0.15, 0.2) is 23.2 Å². The molecule has 1 heterocycles. The molecule has 0 amide bonds. The predicted molar refractivity (Wildman–Crippen MR) is 101 cm³/mol. The molecule has 3 unspecified atom stereocenters. The molecule has 1 saturated heterocycles. The number of hydrogen-bond acceptors (Lipinski definition) is 2. The SMILES string of the molecule is CN=C(NC1CC1c1c(F)cccc1F)N(C)CC1CCOC1.I. The van der Waals surface area contributed by atoms with Crippen LogP contribution < -0.4 is 5.32 Å². The highest BCUT2D eigenvalue weighted by molar-refractivity contribution is 14.0. The second-order valence-corrected chi connectivity index (χ2v) is 6.39. The van der Waals surface area contributed by atoms with Crippen LogP contribution in [0.25, 0.3) is 0 Å². The molecular formula is C17H24F2IN3O. The van der Waals surface area contributed by atoms with Crippen molar-refractivity contribution in [3.8, 4) is 0 Å². The minimum atomic E-state index is -0.467. The van der Waals surface area contributed by atoms with Gasteiger partial charge in [0.05, 0.1) is 6.61 Å². The maximum atomic E-state index is 13.8. The summed E-state index contributed by atoms with van der Waals surface area (Å²) in [5.41, 5.74) is 0.187. The fourth-order valence-electron chi connectivity index (χ4n) is 3.25. The molecule has 1 saturated carbocycles. The van der Waals surface area contributed by atoms with Crippen molar-refractivity contribution in [1.29, 1.82) is 0 Å². The zero-order valence-corrected chi connectivity index (χ0v) is 16.3. The minimum Gasteiger partial charge on any atom is -0.381 e. The number of ether oxygens (including phenoxy) is 1. The summed E-state index contributed by atoms with van der Waals surface area (Å²) < 4.78 is 33.1. The monoisotopic (exact) mass is 451 g/mol. The van der Waals surface area contributed by atoms with Crippen LogP contribution in [0.3, 0.4) is 0 Å². The lowest BCUT2D eigenvalue weighted by Crippen LogP contribution is -2.42. The summed E-state index contributed by atoms with van der Waals surface area (Å²) in [7, 11) is 3.71. The van der Waals surface area contributed by atoms with Crippen molar-refractivity contribution < 1.29 is 13.5 Å². The molecule has 1 aliphatic heterocycles. The third-order valence-electron chi connectivity index (χ3n) is 4.60. The lowest BCUT2D eigenvalue weighted by Gasteiger charge is -2.24. The number of hydrogen-bond donors (Lipinski definition) is 1. The summed E-state index contributed by atoms with van der Waals surface area (Å²) in [6, 6.07) is 4.06. The van der Waals surface area contributed by atoms with E-state index in [0.717, 1.165) is 38.6 Å². The van der Waals surface area contributed by atoms with E-state index < -0.39 is 11.6 Å². The van der Waals surface area contributed by atoms with Crippen molar-refractivity contribution in [2.45, 2.75) is 24.8 Å². The first-order chi connectivity index (χ1) is 11.1. The van der Waals surface area contributed by atoms with E-state index in [4.69, 9.17) is 4.74 Å². The molecule has 0 aromatic heterocycles. The van der Waals surface area contributed by atoms with Gasteiger partial charge in [0.1, 0.15) is 11.6 Å². The van der Waals surface area contributed by atoms with Crippen molar-refractivity contribution in [3.63, 3.8) is 0 Å². The summed E-state index contributed by atoms with van der Waals surface area (Å²) in [4.78, 5) is 6.35. The molecule has 4 nitrogen and oxygen atoms in total. The van der Waals surface area contributed by atoms with E-state index in [-0.39, 0.29) is 41.5 Å². The molecule has 0 bridgehead atoms. The highest BCUT2D eigenvalue weighted by Gasteiger charge is 2.42. The summed E-state index contributed by atoms with van der Waals surface area (Å²) >= 11 is 0. The van der Waals surface area contributed by atoms with Gasteiger partial charge in [0.2, 0.25) is 0 Å². The zero-order valence-electron chi connectivity index (χ0n) is 14.0. The van der Waals surface area contributed by atoms with Gasteiger partial charge in [-0.2, -0.15) is 0 Å². The van der Waals surface area contributed by atoms with Crippen LogP contribution >= 0.6 is 24.0 Å². The van der Waals surface area contributed by atoms with E-state index in [2.05, 4.69) is 15.2 Å². The van der Waals surface area contributed by atoms with Crippen LogP contribution in [-0.2, 0) is 4.74 Å². The quantitative estimate of drug-likeness (QED) is 0.435. The molecule has 0 radical (unpaired) electrons. The third kappa shape index (κ3) is 4.36. The van der Waals surface area contributed by atoms with Gasteiger partial charge in [0.15, 0.2) is 5.96 Å². The Balaban J connectivity index is 0.00000208. The van der Waals surface area contributed by atoms with E-state index in [1.165, 1.54) is 18.2 Å². The van der Waals surface area contributed by atoms with Gasteiger partial charge in [0, 0.05) is 50.7 Å². The second-order valence-electron chi connectivity index (χ2n) is 6.39. The number of guanidine groups is 1. The normalized spacial score (nSPS) is 26.0. The number of rotatable bonds is 4. The van der Waals surface area contributed by atoms with Gasteiger partial charge < -0.3 is 15.0 Å². The Bertz CT molecular complexity index is 573. The molecule has 1 aromatic carbocycles. The Hall–Kier alpha value is -0.960. The van der Waals surface area contributed by atoms with Crippen LogP contribution in [0.5, 0.6) is 0 Å². The van der Waals surface area contributed by atoms with Gasteiger partial charge in [-0.1, -0.05) is 6.07 Å². The Kier molecular flexibility index (Phi) is 6.79. The molecule has 24 heavy (non-hydrogen) atoms. The first kappa shape index (κ1) is 19.4. The topological polar surface area (TPSA) is 36.9 Å². The van der Waals surface area contributed by atoms with Gasteiger partial charge in [0.25, 0.3) is 0 Å². The van der Waals surface area contributed by atoms with E-state index >= 15 is 0 Å². The average Bonchev–Trinajstić information content (AvgIpc) is 3.06. The first-order valence-corrected chi connectivity index (χ1v) is 8.06. The molecule has 7 heteroatoms. The maximum absolute atomic E-state index is 13.8. The number of aliphatic imine (C=N–C) groups is 1. The average molecular weight is 451 g/mol. The third-order valence-corrected chi connectivity index (χ3v) is 4.60. The Morgan fingerprint density at radius 1 is 1.38 bits per heavy atom. The maximum Gasteiger partial charge on any atom is 0.193 e. The molecule has 1 aliphatic carbocycles. The van der Waals surface area contributed by atoms with Crippen LogP contribution in [0, 0.1) is 17.6 Å². The van der Waals surface area contributed by atoms with Crippen molar-refractivity contribution in [2.24, 2.45) is 10.9 Å². The molecule has 1 aromatic rings. The Morgan fingerprint density at radius 3 is 2.67 bits per heavy atom. The lowest BCUT2D eigenvalue weighted by molar-refractivity contribution is 0.181. The van der Waals surface area contributed by atoms with Gasteiger partial charge >= 0.3 is 0 Å². The Labute approximate surface area is 158 Å². The summed E-state index contributed by atoms with van der Waals surface area (Å²) in [5, 5.41) is 3.32. The molecule has 1 N–H and O–H groups in total. The molecule has 3 rings (SSSR count). The van der Waals surface area contributed by atoms with Crippen molar-refractivity contribution >= 4 is 29.9 Å². The molecule has 0 spiro atoms. The molecule has 2 aliphatic rings. The van der Waals surface area contributed by atoms with Gasteiger partial charge in [-0.3, -0.25) is 4.99 Å². The van der Waals surface area contributed by atoms with Gasteiger partial charge in [-0.25, -0.2) is 8.78 Å². The molecule has 2 fully saturated rings. The van der Waals surface area contributed by atoms with Crippen molar-refractivity contribution in [2.75, 3.05) is 33.9 Å². The fourth-order valence-corrected chi connectivity index (χ4v) is 3.25. The van der Waals surface area contributed by atoms with Crippen molar-refractivity contribution in [3.05, 3.63) is 35.4 Å². The van der Waals surface area contributed by atoms with Crippen LogP contribution in [0.4, 0.5) is 8.78 Å². The summed E-state index contributed by atoms with van der Waals surface area (Å²) in [5.74, 6) is 0.214. The largest absolute Gasteiger partial charge is 0.381 e. The molecular weight excluding hydrogens is 427 g/mol. The van der Waals surface area contributed by atoms with E-state index in [1.807, 2.05) is 7.05 Å². The van der Waals surface area contributed by atoms with E-state index in [9.17, 15) is 8.78 Å². The fraction of sp³-hybridized carbons (Fsp3) is 0.588. The number of nitrogens with one attached hydrogen (secondary N) is 1. The molecule has 134 valence electrons.